The summed E-state index contributed by atoms with van der Waals surface area (Å²) in [5, 5.41) is 16.5. The number of amides is 2. The average Bonchev–Trinajstić information content (AvgIpc) is 3.59. The van der Waals surface area contributed by atoms with E-state index in [9.17, 15) is 14.4 Å². The first-order valence-electron chi connectivity index (χ1n) is 10.0. The topological polar surface area (TPSA) is 105 Å². The van der Waals surface area contributed by atoms with Gasteiger partial charge in [-0.15, -0.1) is 0 Å². The Balaban J connectivity index is 1.50. The number of aromatic carboxylic acids is 1. The number of ether oxygens (including phenoxy) is 1. The summed E-state index contributed by atoms with van der Waals surface area (Å²) in [7, 11) is 0. The van der Waals surface area contributed by atoms with Crippen LogP contribution < -0.4 is 15.4 Å². The zero-order valence-corrected chi connectivity index (χ0v) is 16.8. The van der Waals surface area contributed by atoms with Gasteiger partial charge in [0.2, 0.25) is 0 Å². The van der Waals surface area contributed by atoms with E-state index < -0.39 is 5.97 Å². The normalized spacial score (nSPS) is 12.9. The number of carbonyl (C=O) groups is 3. The first-order valence-corrected chi connectivity index (χ1v) is 10.0. The van der Waals surface area contributed by atoms with Crippen LogP contribution >= 0.6 is 0 Å². The summed E-state index contributed by atoms with van der Waals surface area (Å²) < 4.78 is 5.71. The maximum absolute atomic E-state index is 12.9. The Kier molecular flexibility index (Phi) is 5.84. The number of nitrogens with one attached hydrogen (secondary N) is 2. The van der Waals surface area contributed by atoms with Crippen molar-refractivity contribution in [2.45, 2.75) is 25.4 Å². The maximum Gasteiger partial charge on any atom is 0.335 e. The van der Waals surface area contributed by atoms with Crippen LogP contribution in [-0.2, 0) is 11.3 Å². The van der Waals surface area contributed by atoms with Crippen molar-refractivity contribution in [3.05, 3.63) is 77.4 Å². The van der Waals surface area contributed by atoms with Crippen LogP contribution in [-0.4, -0.2) is 35.5 Å². The summed E-state index contributed by atoms with van der Waals surface area (Å²) in [4.78, 5) is 35.9. The predicted molar refractivity (Wildman–Crippen MR) is 115 cm³/mol. The first-order chi connectivity index (χ1) is 15.0. The van der Waals surface area contributed by atoms with Gasteiger partial charge in [-0.25, -0.2) is 4.79 Å². The Morgan fingerprint density at radius 2 is 1.65 bits per heavy atom. The quantitative estimate of drug-likeness (QED) is 0.521. The molecule has 0 aromatic heterocycles. The zero-order valence-electron chi connectivity index (χ0n) is 16.8. The van der Waals surface area contributed by atoms with E-state index in [0.29, 0.717) is 11.3 Å². The number of carboxylic acids is 1. The molecule has 3 N–H and O–H groups in total. The number of hydrogen-bond donors (Lipinski definition) is 3. The molecular weight excluding hydrogens is 396 g/mol. The number of fused-ring (bicyclic) bond motifs is 1. The van der Waals surface area contributed by atoms with Crippen LogP contribution in [0.25, 0.3) is 10.8 Å². The molecule has 31 heavy (non-hydrogen) atoms. The fourth-order valence-electron chi connectivity index (χ4n) is 3.20. The molecule has 0 unspecified atom stereocenters. The van der Waals surface area contributed by atoms with E-state index in [1.54, 1.807) is 24.3 Å². The highest BCUT2D eigenvalue weighted by molar-refractivity contribution is 6.01. The van der Waals surface area contributed by atoms with E-state index >= 15 is 0 Å². The zero-order chi connectivity index (χ0) is 21.8. The second-order valence-corrected chi connectivity index (χ2v) is 7.51. The van der Waals surface area contributed by atoms with Gasteiger partial charge >= 0.3 is 5.97 Å². The summed E-state index contributed by atoms with van der Waals surface area (Å²) in [6.45, 7) is 0.0684. The number of benzene rings is 3. The summed E-state index contributed by atoms with van der Waals surface area (Å²) in [6.07, 6.45) is 1.98. The summed E-state index contributed by atoms with van der Waals surface area (Å²) in [5.74, 6) is -1.21. The Hall–Kier alpha value is -3.87. The van der Waals surface area contributed by atoms with Crippen molar-refractivity contribution >= 4 is 28.6 Å². The van der Waals surface area contributed by atoms with Gasteiger partial charge in [-0.05, 0) is 53.4 Å². The van der Waals surface area contributed by atoms with Gasteiger partial charge in [0.1, 0.15) is 5.75 Å². The van der Waals surface area contributed by atoms with Crippen LogP contribution in [0.5, 0.6) is 5.75 Å². The summed E-state index contributed by atoms with van der Waals surface area (Å²) in [6, 6.07) is 17.6. The molecule has 0 saturated heterocycles. The Morgan fingerprint density at radius 1 is 0.968 bits per heavy atom. The van der Waals surface area contributed by atoms with Gasteiger partial charge in [0.05, 0.1) is 11.1 Å². The van der Waals surface area contributed by atoms with Gasteiger partial charge in [-0.3, -0.25) is 9.59 Å². The third-order valence-corrected chi connectivity index (χ3v) is 5.05. The number of carboxylic acid groups (broad SMARTS) is 1. The van der Waals surface area contributed by atoms with Crippen molar-refractivity contribution in [2.75, 3.05) is 6.61 Å². The smallest absolute Gasteiger partial charge is 0.335 e. The Bertz CT molecular complexity index is 1140. The molecule has 0 heterocycles. The molecule has 3 aromatic carbocycles. The molecule has 0 radical (unpaired) electrons. The first kappa shape index (κ1) is 20.4. The molecule has 0 bridgehead atoms. The summed E-state index contributed by atoms with van der Waals surface area (Å²) >= 11 is 0. The van der Waals surface area contributed by atoms with Gasteiger partial charge in [0, 0.05) is 12.6 Å². The second kappa shape index (κ2) is 8.87. The molecule has 1 fully saturated rings. The number of rotatable bonds is 8. The predicted octanol–water partition coefficient (Wildman–Crippen LogP) is 3.13. The SMILES string of the molecule is O=C(COc1cc2ccccc2cc1C(=O)NCc1ccc(C(=O)O)cc1)NC1CC1. The van der Waals surface area contributed by atoms with Gasteiger partial charge in [0.15, 0.2) is 6.61 Å². The molecule has 158 valence electrons. The van der Waals surface area contributed by atoms with Crippen LogP contribution in [0.4, 0.5) is 0 Å². The molecule has 0 spiro atoms. The van der Waals surface area contributed by atoms with E-state index in [2.05, 4.69) is 10.6 Å². The third-order valence-electron chi connectivity index (χ3n) is 5.05. The van der Waals surface area contributed by atoms with E-state index in [4.69, 9.17) is 9.84 Å². The standard InChI is InChI=1S/C24H22N2O5/c27-22(26-19-9-10-19)14-31-21-12-18-4-2-1-3-17(18)11-20(21)23(28)25-13-15-5-7-16(8-6-15)24(29)30/h1-8,11-12,19H,9-10,13-14H2,(H,25,28)(H,26,27)(H,29,30). The lowest BCUT2D eigenvalue weighted by Gasteiger charge is -2.13. The highest BCUT2D eigenvalue weighted by atomic mass is 16.5. The maximum atomic E-state index is 12.9. The molecule has 7 heteroatoms. The van der Waals surface area contributed by atoms with Crippen molar-refractivity contribution in [3.8, 4) is 5.75 Å². The molecule has 1 aliphatic rings. The van der Waals surface area contributed by atoms with Gasteiger partial charge in [-0.1, -0.05) is 36.4 Å². The van der Waals surface area contributed by atoms with Gasteiger partial charge in [0.25, 0.3) is 11.8 Å². The average molecular weight is 418 g/mol. The highest BCUT2D eigenvalue weighted by Crippen LogP contribution is 2.26. The lowest BCUT2D eigenvalue weighted by Crippen LogP contribution is -2.31. The fraction of sp³-hybridized carbons (Fsp3) is 0.208. The van der Waals surface area contributed by atoms with Crippen LogP contribution in [0.3, 0.4) is 0 Å². The minimum absolute atomic E-state index is 0.161. The highest BCUT2D eigenvalue weighted by Gasteiger charge is 2.23. The van der Waals surface area contributed by atoms with Crippen LogP contribution in [0, 0.1) is 0 Å². The molecule has 0 aliphatic heterocycles. The van der Waals surface area contributed by atoms with Crippen LogP contribution in [0.2, 0.25) is 0 Å². The van der Waals surface area contributed by atoms with Crippen molar-refractivity contribution in [1.82, 2.24) is 10.6 Å². The summed E-state index contributed by atoms with van der Waals surface area (Å²) in [5.41, 5.74) is 1.29. The molecular formula is C24H22N2O5. The lowest BCUT2D eigenvalue weighted by molar-refractivity contribution is -0.123. The second-order valence-electron chi connectivity index (χ2n) is 7.51. The Labute approximate surface area is 179 Å². The minimum atomic E-state index is -1.00. The Morgan fingerprint density at radius 3 is 2.29 bits per heavy atom. The molecule has 1 aliphatic carbocycles. The molecule has 3 aromatic rings. The molecule has 0 atom stereocenters. The van der Waals surface area contributed by atoms with Crippen molar-refractivity contribution < 1.29 is 24.2 Å². The van der Waals surface area contributed by atoms with Crippen molar-refractivity contribution in [3.63, 3.8) is 0 Å². The minimum Gasteiger partial charge on any atom is -0.483 e. The van der Waals surface area contributed by atoms with Crippen LogP contribution in [0.15, 0.2) is 60.7 Å². The number of carbonyl (C=O) groups excluding carboxylic acids is 2. The van der Waals surface area contributed by atoms with Crippen LogP contribution in [0.1, 0.15) is 39.1 Å². The van der Waals surface area contributed by atoms with Crippen molar-refractivity contribution in [1.29, 1.82) is 0 Å². The van der Waals surface area contributed by atoms with E-state index in [1.165, 1.54) is 12.1 Å². The fourth-order valence-corrected chi connectivity index (χ4v) is 3.20. The van der Waals surface area contributed by atoms with E-state index in [0.717, 1.165) is 29.2 Å². The van der Waals surface area contributed by atoms with Gasteiger partial charge < -0.3 is 20.5 Å². The van der Waals surface area contributed by atoms with Gasteiger partial charge in [-0.2, -0.15) is 0 Å². The lowest BCUT2D eigenvalue weighted by atomic mass is 10.0. The molecule has 7 nitrogen and oxygen atoms in total. The molecule has 4 rings (SSSR count). The van der Waals surface area contributed by atoms with E-state index in [-0.39, 0.29) is 36.6 Å². The third kappa shape index (κ3) is 5.19. The number of hydrogen-bond acceptors (Lipinski definition) is 4. The largest absolute Gasteiger partial charge is 0.483 e. The monoisotopic (exact) mass is 418 g/mol. The van der Waals surface area contributed by atoms with E-state index in [1.807, 2.05) is 24.3 Å². The molecule has 2 amide bonds. The van der Waals surface area contributed by atoms with Crippen molar-refractivity contribution in [2.24, 2.45) is 0 Å². The molecule has 1 saturated carbocycles.